The van der Waals surface area contributed by atoms with Crippen LogP contribution in [0.25, 0.3) is 0 Å². The largest absolute Gasteiger partial charge is 0.392 e. The van der Waals surface area contributed by atoms with Crippen molar-refractivity contribution in [2.24, 2.45) is 0 Å². The van der Waals surface area contributed by atoms with E-state index < -0.39 is 12.2 Å². The molecule has 0 saturated heterocycles. The Morgan fingerprint density at radius 1 is 0.938 bits per heavy atom. The van der Waals surface area contributed by atoms with E-state index in [0.717, 1.165) is 11.1 Å². The molecule has 0 amide bonds. The van der Waals surface area contributed by atoms with Crippen LogP contribution in [0.1, 0.15) is 35.5 Å². The van der Waals surface area contributed by atoms with Gasteiger partial charge in [-0.05, 0) is 25.0 Å². The van der Waals surface area contributed by atoms with Gasteiger partial charge in [0.15, 0.2) is 0 Å². The van der Waals surface area contributed by atoms with Crippen molar-refractivity contribution in [2.75, 3.05) is 0 Å². The Bertz CT molecular complexity index is 310. The molecule has 0 spiro atoms. The highest BCUT2D eigenvalue weighted by Crippen LogP contribution is 2.29. The summed E-state index contributed by atoms with van der Waals surface area (Å²) in [6, 6.07) is 7.64. The van der Waals surface area contributed by atoms with E-state index in [1.165, 1.54) is 0 Å². The minimum absolute atomic E-state index is 0.213. The average molecular weight is 258 g/mol. The molecular formula is C12H18O2S2. The van der Waals surface area contributed by atoms with Gasteiger partial charge in [0.25, 0.3) is 0 Å². The lowest BCUT2D eigenvalue weighted by atomic mass is 10.0. The SMILES string of the molecule is CC(O)C(S)c1cccc(C(S)C(C)O)c1. The van der Waals surface area contributed by atoms with Crippen LogP contribution in [-0.4, -0.2) is 22.4 Å². The molecule has 0 fully saturated rings. The number of hydrogen-bond donors (Lipinski definition) is 4. The molecule has 16 heavy (non-hydrogen) atoms. The van der Waals surface area contributed by atoms with Gasteiger partial charge < -0.3 is 10.2 Å². The molecule has 90 valence electrons. The molecule has 0 aromatic heterocycles. The molecule has 0 aliphatic heterocycles. The normalized spacial score (nSPS) is 18.9. The number of aliphatic hydroxyl groups excluding tert-OH is 2. The number of rotatable bonds is 4. The zero-order valence-corrected chi connectivity index (χ0v) is 11.2. The van der Waals surface area contributed by atoms with Crippen LogP contribution in [0.2, 0.25) is 0 Å². The van der Waals surface area contributed by atoms with Crippen molar-refractivity contribution in [3.05, 3.63) is 35.4 Å². The van der Waals surface area contributed by atoms with Crippen molar-refractivity contribution in [1.29, 1.82) is 0 Å². The van der Waals surface area contributed by atoms with Crippen LogP contribution < -0.4 is 0 Å². The molecule has 4 unspecified atom stereocenters. The molecule has 1 aromatic rings. The number of hydrogen-bond acceptors (Lipinski definition) is 4. The van der Waals surface area contributed by atoms with Crippen LogP contribution in [0.15, 0.2) is 24.3 Å². The van der Waals surface area contributed by atoms with Gasteiger partial charge in [0.1, 0.15) is 0 Å². The first-order valence-corrected chi connectivity index (χ1v) is 6.29. The van der Waals surface area contributed by atoms with E-state index in [1.54, 1.807) is 13.8 Å². The number of thiol groups is 2. The van der Waals surface area contributed by atoms with E-state index in [4.69, 9.17) is 0 Å². The lowest BCUT2D eigenvalue weighted by Gasteiger charge is -2.18. The summed E-state index contributed by atoms with van der Waals surface area (Å²) in [5.41, 5.74) is 1.88. The molecule has 0 aliphatic carbocycles. The van der Waals surface area contributed by atoms with Crippen molar-refractivity contribution < 1.29 is 10.2 Å². The zero-order valence-electron chi connectivity index (χ0n) is 9.41. The fourth-order valence-electron chi connectivity index (χ4n) is 1.48. The standard InChI is InChI=1S/C12H18O2S2/c1-7(13)11(15)9-4-3-5-10(6-9)12(16)8(2)14/h3-8,11-16H,1-2H3. The van der Waals surface area contributed by atoms with Crippen molar-refractivity contribution in [1.82, 2.24) is 0 Å². The van der Waals surface area contributed by atoms with E-state index in [0.29, 0.717) is 0 Å². The summed E-state index contributed by atoms with van der Waals surface area (Å²) in [5.74, 6) is 0. The maximum atomic E-state index is 9.47. The average Bonchev–Trinajstić information content (AvgIpc) is 2.26. The van der Waals surface area contributed by atoms with E-state index in [-0.39, 0.29) is 10.5 Å². The summed E-state index contributed by atoms with van der Waals surface area (Å²) in [5, 5.41) is 18.5. The van der Waals surface area contributed by atoms with Gasteiger partial charge in [-0.1, -0.05) is 24.3 Å². The van der Waals surface area contributed by atoms with Gasteiger partial charge in [-0.15, -0.1) is 0 Å². The molecule has 0 bridgehead atoms. The Balaban J connectivity index is 2.95. The van der Waals surface area contributed by atoms with Crippen molar-refractivity contribution >= 4 is 25.3 Å². The predicted molar refractivity (Wildman–Crippen MR) is 73.3 cm³/mol. The molecule has 0 aliphatic rings. The fourth-order valence-corrected chi connectivity index (χ4v) is 1.81. The second-order valence-electron chi connectivity index (χ2n) is 4.04. The smallest absolute Gasteiger partial charge is 0.0669 e. The minimum atomic E-state index is -0.511. The maximum absolute atomic E-state index is 9.47. The van der Waals surface area contributed by atoms with Gasteiger partial charge in [0.2, 0.25) is 0 Å². The Hall–Kier alpha value is -0.160. The Morgan fingerprint density at radius 2 is 1.31 bits per heavy atom. The first kappa shape index (κ1) is 13.9. The summed E-state index contributed by atoms with van der Waals surface area (Å²) >= 11 is 8.69. The minimum Gasteiger partial charge on any atom is -0.392 e. The Kier molecular flexibility index (Phi) is 5.18. The van der Waals surface area contributed by atoms with Gasteiger partial charge in [-0.25, -0.2) is 0 Å². The first-order chi connectivity index (χ1) is 7.43. The molecule has 0 heterocycles. The van der Waals surface area contributed by atoms with Crippen LogP contribution in [0.5, 0.6) is 0 Å². The quantitative estimate of drug-likeness (QED) is 0.626. The molecule has 0 radical (unpaired) electrons. The fraction of sp³-hybridized carbons (Fsp3) is 0.500. The molecule has 1 rings (SSSR count). The highest BCUT2D eigenvalue weighted by Gasteiger charge is 2.16. The monoisotopic (exact) mass is 258 g/mol. The van der Waals surface area contributed by atoms with Gasteiger partial charge in [-0.3, -0.25) is 0 Å². The van der Waals surface area contributed by atoms with Crippen molar-refractivity contribution in [2.45, 2.75) is 36.6 Å². The third-order valence-electron chi connectivity index (χ3n) is 2.51. The van der Waals surface area contributed by atoms with Crippen LogP contribution in [-0.2, 0) is 0 Å². The molecule has 2 nitrogen and oxygen atoms in total. The van der Waals surface area contributed by atoms with Crippen molar-refractivity contribution in [3.8, 4) is 0 Å². The van der Waals surface area contributed by atoms with E-state index in [1.807, 2.05) is 24.3 Å². The zero-order chi connectivity index (χ0) is 12.3. The summed E-state index contributed by atoms with van der Waals surface area (Å²) in [6.07, 6.45) is -1.02. The third kappa shape index (κ3) is 3.42. The second-order valence-corrected chi connectivity index (χ2v) is 5.15. The molecule has 4 heteroatoms. The first-order valence-electron chi connectivity index (χ1n) is 5.25. The van der Waals surface area contributed by atoms with E-state index in [9.17, 15) is 10.2 Å². The summed E-state index contributed by atoms with van der Waals surface area (Å²) in [4.78, 5) is 0. The summed E-state index contributed by atoms with van der Waals surface area (Å²) in [7, 11) is 0. The van der Waals surface area contributed by atoms with Crippen LogP contribution in [0, 0.1) is 0 Å². The van der Waals surface area contributed by atoms with E-state index >= 15 is 0 Å². The van der Waals surface area contributed by atoms with Gasteiger partial charge in [0.05, 0.1) is 22.7 Å². The maximum Gasteiger partial charge on any atom is 0.0669 e. The second kappa shape index (κ2) is 5.96. The highest BCUT2D eigenvalue weighted by atomic mass is 32.1. The summed E-state index contributed by atoms with van der Waals surface area (Å²) < 4.78 is 0. The predicted octanol–water partition coefficient (Wildman–Crippen LogP) is 2.39. The van der Waals surface area contributed by atoms with Crippen molar-refractivity contribution in [3.63, 3.8) is 0 Å². The number of benzene rings is 1. The molecule has 1 aromatic carbocycles. The molecular weight excluding hydrogens is 240 g/mol. The summed E-state index contributed by atoms with van der Waals surface area (Å²) in [6.45, 7) is 3.41. The van der Waals surface area contributed by atoms with Crippen LogP contribution in [0.4, 0.5) is 0 Å². The van der Waals surface area contributed by atoms with Gasteiger partial charge >= 0.3 is 0 Å². The topological polar surface area (TPSA) is 40.5 Å². The number of aliphatic hydroxyl groups is 2. The lowest BCUT2D eigenvalue weighted by Crippen LogP contribution is -2.11. The third-order valence-corrected chi connectivity index (χ3v) is 3.97. The highest BCUT2D eigenvalue weighted by molar-refractivity contribution is 7.80. The van der Waals surface area contributed by atoms with E-state index in [2.05, 4.69) is 25.3 Å². The molecule has 4 atom stereocenters. The van der Waals surface area contributed by atoms with Gasteiger partial charge in [0, 0.05) is 0 Å². The molecule has 2 N–H and O–H groups in total. The van der Waals surface area contributed by atoms with Crippen LogP contribution >= 0.6 is 25.3 Å². The Morgan fingerprint density at radius 3 is 1.62 bits per heavy atom. The van der Waals surface area contributed by atoms with Crippen LogP contribution in [0.3, 0.4) is 0 Å². The lowest BCUT2D eigenvalue weighted by molar-refractivity contribution is 0.191. The Labute approximate surface area is 108 Å². The molecule has 0 saturated carbocycles. The van der Waals surface area contributed by atoms with Gasteiger partial charge in [-0.2, -0.15) is 25.3 Å².